The van der Waals surface area contributed by atoms with Crippen molar-refractivity contribution >= 4 is 23.7 Å². The van der Waals surface area contributed by atoms with Crippen molar-refractivity contribution in [1.82, 2.24) is 16.0 Å². The molecule has 0 aromatic carbocycles. The molecule has 0 aromatic heterocycles. The Morgan fingerprint density at radius 1 is 0.762 bits per heavy atom. The van der Waals surface area contributed by atoms with Gasteiger partial charge >= 0.3 is 5.97 Å². The van der Waals surface area contributed by atoms with E-state index in [0.717, 1.165) is 0 Å². The quantitative estimate of drug-likeness (QED) is 0.269. The molecule has 21 heavy (non-hydrogen) atoms. The van der Waals surface area contributed by atoms with Crippen molar-refractivity contribution in [2.24, 2.45) is 5.73 Å². The fourth-order valence-corrected chi connectivity index (χ4v) is 1.21. The summed E-state index contributed by atoms with van der Waals surface area (Å²) < 4.78 is 0. The summed E-state index contributed by atoms with van der Waals surface area (Å²) in [7, 11) is 0. The van der Waals surface area contributed by atoms with Crippen LogP contribution in [0.2, 0.25) is 0 Å². The third-order valence-electron chi connectivity index (χ3n) is 2.65. The molecule has 0 fully saturated rings. The Labute approximate surface area is 122 Å². The average Bonchev–Trinajstić information content (AvgIpc) is 2.37. The van der Waals surface area contributed by atoms with Crippen LogP contribution in [0.3, 0.4) is 0 Å². The first-order valence-corrected chi connectivity index (χ1v) is 6.45. The highest BCUT2D eigenvalue weighted by Crippen LogP contribution is 1.91. The Balaban J connectivity index is 4.40. The van der Waals surface area contributed by atoms with Crippen molar-refractivity contribution in [2.75, 3.05) is 0 Å². The molecule has 6 N–H and O–H groups in total. The first-order valence-electron chi connectivity index (χ1n) is 6.45. The van der Waals surface area contributed by atoms with Crippen molar-refractivity contribution in [3.8, 4) is 0 Å². The molecular formula is C12H22N4O5. The predicted molar refractivity (Wildman–Crippen MR) is 74.1 cm³/mol. The minimum Gasteiger partial charge on any atom is -0.480 e. The van der Waals surface area contributed by atoms with E-state index in [9.17, 15) is 19.2 Å². The van der Waals surface area contributed by atoms with Crippen LogP contribution >= 0.6 is 0 Å². The van der Waals surface area contributed by atoms with E-state index in [4.69, 9.17) is 10.8 Å². The van der Waals surface area contributed by atoms with E-state index in [2.05, 4.69) is 16.0 Å². The number of hydrogen-bond acceptors (Lipinski definition) is 5. The number of nitrogens with two attached hydrogens (primary N) is 1. The number of carboxylic acid groups (broad SMARTS) is 1. The molecule has 120 valence electrons. The van der Waals surface area contributed by atoms with Crippen LogP contribution in [0.4, 0.5) is 0 Å². The van der Waals surface area contributed by atoms with Crippen molar-refractivity contribution in [3.05, 3.63) is 0 Å². The molecule has 0 unspecified atom stereocenters. The molecule has 0 saturated carbocycles. The Kier molecular flexibility index (Phi) is 7.36. The second-order valence-corrected chi connectivity index (χ2v) is 4.82. The summed E-state index contributed by atoms with van der Waals surface area (Å²) in [6, 6.07) is -3.62. The molecule has 4 atom stereocenters. The lowest BCUT2D eigenvalue weighted by atomic mass is 10.3. The first kappa shape index (κ1) is 18.8. The molecule has 0 saturated heterocycles. The van der Waals surface area contributed by atoms with Gasteiger partial charge in [-0.15, -0.1) is 0 Å². The molecule has 0 aliphatic heterocycles. The lowest BCUT2D eigenvalue weighted by Gasteiger charge is -2.19. The van der Waals surface area contributed by atoms with Gasteiger partial charge in [0.1, 0.15) is 18.1 Å². The normalized spacial score (nSPS) is 16.0. The van der Waals surface area contributed by atoms with Gasteiger partial charge in [-0.25, -0.2) is 0 Å². The molecule has 0 radical (unpaired) electrons. The zero-order valence-electron chi connectivity index (χ0n) is 12.5. The lowest BCUT2D eigenvalue weighted by Crippen LogP contribution is -2.54. The van der Waals surface area contributed by atoms with Crippen LogP contribution in [0.1, 0.15) is 27.7 Å². The van der Waals surface area contributed by atoms with E-state index in [0.29, 0.717) is 0 Å². The number of hydrogen-bond donors (Lipinski definition) is 5. The molecule has 9 nitrogen and oxygen atoms in total. The maximum absolute atomic E-state index is 11.8. The van der Waals surface area contributed by atoms with Gasteiger partial charge in [0, 0.05) is 0 Å². The zero-order valence-corrected chi connectivity index (χ0v) is 12.5. The Morgan fingerprint density at radius 3 is 1.43 bits per heavy atom. The van der Waals surface area contributed by atoms with Gasteiger partial charge in [-0.05, 0) is 27.7 Å². The molecule has 0 aliphatic carbocycles. The van der Waals surface area contributed by atoms with Crippen LogP contribution in [0.5, 0.6) is 0 Å². The van der Waals surface area contributed by atoms with Crippen molar-refractivity contribution < 1.29 is 24.3 Å². The minimum absolute atomic E-state index is 0.491. The number of nitrogens with one attached hydrogen (secondary N) is 3. The molecule has 0 spiro atoms. The van der Waals surface area contributed by atoms with Gasteiger partial charge in [-0.1, -0.05) is 0 Å². The molecule has 0 aromatic rings. The van der Waals surface area contributed by atoms with Crippen LogP contribution in [-0.4, -0.2) is 53.0 Å². The third-order valence-corrected chi connectivity index (χ3v) is 2.65. The smallest absolute Gasteiger partial charge is 0.325 e. The van der Waals surface area contributed by atoms with Crippen molar-refractivity contribution in [1.29, 1.82) is 0 Å². The lowest BCUT2D eigenvalue weighted by molar-refractivity contribution is -0.141. The van der Waals surface area contributed by atoms with E-state index < -0.39 is 47.9 Å². The van der Waals surface area contributed by atoms with E-state index in [1.807, 2.05) is 0 Å². The van der Waals surface area contributed by atoms with Gasteiger partial charge in [0.05, 0.1) is 6.04 Å². The first-order chi connectivity index (χ1) is 9.56. The average molecular weight is 306 g/mol. The van der Waals surface area contributed by atoms with Gasteiger partial charge in [0.2, 0.25) is 17.7 Å². The van der Waals surface area contributed by atoms with Crippen LogP contribution in [0.15, 0.2) is 0 Å². The predicted octanol–water partition coefficient (Wildman–Crippen LogP) is -2.07. The van der Waals surface area contributed by atoms with Gasteiger partial charge < -0.3 is 26.8 Å². The minimum atomic E-state index is -1.18. The highest BCUT2D eigenvalue weighted by atomic mass is 16.4. The number of aliphatic carboxylic acids is 1. The van der Waals surface area contributed by atoms with Crippen molar-refractivity contribution in [3.63, 3.8) is 0 Å². The van der Waals surface area contributed by atoms with E-state index >= 15 is 0 Å². The third kappa shape index (κ3) is 6.70. The summed E-state index contributed by atoms with van der Waals surface area (Å²) in [5, 5.41) is 15.6. The summed E-state index contributed by atoms with van der Waals surface area (Å²) in [5.41, 5.74) is 5.35. The molecule has 0 rings (SSSR count). The van der Waals surface area contributed by atoms with E-state index in [1.165, 1.54) is 27.7 Å². The molecule has 9 heteroatoms. The summed E-state index contributed by atoms with van der Waals surface area (Å²) in [4.78, 5) is 45.4. The van der Waals surface area contributed by atoms with Crippen LogP contribution in [0, 0.1) is 0 Å². The number of carbonyl (C=O) groups excluding carboxylic acids is 3. The number of rotatable bonds is 7. The van der Waals surface area contributed by atoms with Gasteiger partial charge in [0.25, 0.3) is 0 Å². The van der Waals surface area contributed by atoms with Gasteiger partial charge in [0.15, 0.2) is 0 Å². The highest BCUT2D eigenvalue weighted by Gasteiger charge is 2.23. The Hall–Kier alpha value is -2.16. The highest BCUT2D eigenvalue weighted by molar-refractivity contribution is 5.93. The molecule has 0 bridgehead atoms. The zero-order chi connectivity index (χ0) is 16.7. The van der Waals surface area contributed by atoms with Crippen LogP contribution in [-0.2, 0) is 19.2 Å². The number of amides is 3. The maximum atomic E-state index is 11.8. The number of carbonyl (C=O) groups is 4. The fraction of sp³-hybridized carbons (Fsp3) is 0.667. The standard InChI is InChI=1S/C12H22N4O5/c1-5(13)9(17)14-6(2)10(18)15-7(3)11(19)16-8(4)12(20)21/h5-8H,13H2,1-4H3,(H,14,17)(H,15,18)(H,16,19)(H,20,21)/t5-,6-,7-,8-/m0/s1/i2+1,6+1,10+1,14+1. The summed E-state index contributed by atoms with van der Waals surface area (Å²) in [6.45, 7) is 5.63. The fourth-order valence-electron chi connectivity index (χ4n) is 1.21. The Bertz CT molecular complexity index is 424. The maximum Gasteiger partial charge on any atom is 0.325 e. The van der Waals surface area contributed by atoms with E-state index in [1.54, 1.807) is 0 Å². The van der Waals surface area contributed by atoms with Gasteiger partial charge in [-0.2, -0.15) is 0 Å². The Morgan fingerprint density at radius 2 is 1.10 bits per heavy atom. The van der Waals surface area contributed by atoms with Crippen LogP contribution in [0.25, 0.3) is 0 Å². The second kappa shape index (κ2) is 8.20. The largest absolute Gasteiger partial charge is 0.480 e. The summed E-state index contributed by atoms with van der Waals surface area (Å²) >= 11 is 0. The van der Waals surface area contributed by atoms with Crippen LogP contribution < -0.4 is 21.7 Å². The molecular weight excluding hydrogens is 284 g/mol. The summed E-state index contributed by atoms with van der Waals surface area (Å²) in [6.07, 6.45) is 0. The SMILES string of the molecule is C[C@H](N)C(=O)[15NH][13C@@H]([13CH3])[13C](=O)N[C@@H](C)C(=O)N[C@@H](C)C(=O)O. The molecule has 0 heterocycles. The summed E-state index contributed by atoms with van der Waals surface area (Å²) in [5.74, 6) is -2.88. The van der Waals surface area contributed by atoms with Gasteiger partial charge in [-0.3, -0.25) is 19.2 Å². The van der Waals surface area contributed by atoms with E-state index in [-0.39, 0.29) is 0 Å². The number of carboxylic acids is 1. The second-order valence-electron chi connectivity index (χ2n) is 4.82. The monoisotopic (exact) mass is 306 g/mol. The molecule has 3 amide bonds. The molecule has 0 aliphatic rings. The van der Waals surface area contributed by atoms with Crippen molar-refractivity contribution in [2.45, 2.75) is 51.9 Å². The topological polar surface area (TPSA) is 151 Å².